The lowest BCUT2D eigenvalue weighted by Crippen LogP contribution is -2.36. The van der Waals surface area contributed by atoms with Gasteiger partial charge in [-0.15, -0.1) is 0 Å². The van der Waals surface area contributed by atoms with Crippen molar-refractivity contribution >= 4 is 5.97 Å². The summed E-state index contributed by atoms with van der Waals surface area (Å²) < 4.78 is 5.54. The zero-order valence-electron chi connectivity index (χ0n) is 22.2. The third kappa shape index (κ3) is 6.43. The highest BCUT2D eigenvalue weighted by Gasteiger charge is 2.50. The molecule has 0 saturated heterocycles. The van der Waals surface area contributed by atoms with Gasteiger partial charge >= 0.3 is 5.97 Å². The first-order valence-corrected chi connectivity index (χ1v) is 13.6. The van der Waals surface area contributed by atoms with Crippen molar-refractivity contribution in [1.82, 2.24) is 0 Å². The number of carbonyl (C=O) groups excluding carboxylic acids is 1. The van der Waals surface area contributed by atoms with Gasteiger partial charge in [0.15, 0.2) is 0 Å². The van der Waals surface area contributed by atoms with Crippen LogP contribution >= 0.6 is 0 Å². The average molecular weight is 473 g/mol. The van der Waals surface area contributed by atoms with Gasteiger partial charge in [0, 0.05) is 19.3 Å². The predicted molar refractivity (Wildman–Crippen MR) is 138 cm³/mol. The molecule has 3 fully saturated rings. The molecule has 0 aromatic rings. The number of carbonyl (C=O) groups is 1. The Hall–Kier alpha value is -1.39. The van der Waals surface area contributed by atoms with Crippen molar-refractivity contribution < 1.29 is 19.7 Å². The first kappa shape index (κ1) is 27.2. The highest BCUT2D eigenvalue weighted by molar-refractivity contribution is 5.69. The molecule has 3 aliphatic rings. The molecule has 4 nitrogen and oxygen atoms in total. The Labute approximate surface area is 207 Å². The van der Waals surface area contributed by atoms with E-state index in [-0.39, 0.29) is 12.1 Å². The maximum absolute atomic E-state index is 11.8. The van der Waals surface area contributed by atoms with Crippen molar-refractivity contribution in [3.63, 3.8) is 0 Å². The molecule has 3 aliphatic carbocycles. The molecular weight excluding hydrogens is 424 g/mol. The number of rotatable bonds is 8. The van der Waals surface area contributed by atoms with Crippen molar-refractivity contribution in [2.45, 2.75) is 123 Å². The van der Waals surface area contributed by atoms with E-state index in [2.05, 4.69) is 32.6 Å². The van der Waals surface area contributed by atoms with Gasteiger partial charge in [-0.3, -0.25) is 4.79 Å². The van der Waals surface area contributed by atoms with Gasteiger partial charge in [-0.2, -0.15) is 0 Å². The van der Waals surface area contributed by atoms with Gasteiger partial charge in [0.05, 0.1) is 11.7 Å². The van der Waals surface area contributed by atoms with Crippen LogP contribution in [0.4, 0.5) is 0 Å². The zero-order valence-corrected chi connectivity index (χ0v) is 22.2. The average Bonchev–Trinajstić information content (AvgIpc) is 3.11. The molecule has 2 unspecified atom stereocenters. The van der Waals surface area contributed by atoms with Crippen molar-refractivity contribution in [3.05, 3.63) is 35.5 Å². The molecule has 0 amide bonds. The minimum Gasteiger partial charge on any atom is -0.462 e. The Bertz CT molecular complexity index is 801. The summed E-state index contributed by atoms with van der Waals surface area (Å²) >= 11 is 0. The van der Waals surface area contributed by atoms with Crippen LogP contribution in [0.25, 0.3) is 0 Å². The molecule has 192 valence electrons. The third-order valence-corrected chi connectivity index (χ3v) is 9.01. The smallest absolute Gasteiger partial charge is 0.305 e. The predicted octanol–water partition coefficient (Wildman–Crippen LogP) is 6.67. The van der Waals surface area contributed by atoms with Crippen LogP contribution in [0.5, 0.6) is 0 Å². The van der Waals surface area contributed by atoms with E-state index in [9.17, 15) is 15.0 Å². The molecule has 3 rings (SSSR count). The summed E-state index contributed by atoms with van der Waals surface area (Å²) in [6, 6.07) is 0. The molecule has 0 spiro atoms. The first-order chi connectivity index (χ1) is 15.9. The molecule has 0 aromatic heterocycles. The second kappa shape index (κ2) is 11.1. The lowest BCUT2D eigenvalue weighted by Gasteiger charge is -2.44. The van der Waals surface area contributed by atoms with Crippen LogP contribution in [0.15, 0.2) is 35.5 Å². The summed E-state index contributed by atoms with van der Waals surface area (Å²) in [6.07, 6.45) is 14.3. The summed E-state index contributed by atoms with van der Waals surface area (Å²) in [5, 5.41) is 20.6. The van der Waals surface area contributed by atoms with Crippen molar-refractivity contribution in [3.8, 4) is 0 Å². The van der Waals surface area contributed by atoms with E-state index < -0.39 is 11.7 Å². The minimum atomic E-state index is -0.648. The van der Waals surface area contributed by atoms with Crippen molar-refractivity contribution in [2.75, 3.05) is 0 Å². The Morgan fingerprint density at radius 2 is 2.06 bits per heavy atom. The molecule has 0 aliphatic heterocycles. The number of esters is 1. The largest absolute Gasteiger partial charge is 0.462 e. The van der Waals surface area contributed by atoms with Gasteiger partial charge in [-0.25, -0.2) is 0 Å². The van der Waals surface area contributed by atoms with Gasteiger partial charge in [0.25, 0.3) is 0 Å². The molecule has 2 N–H and O–H groups in total. The fourth-order valence-corrected chi connectivity index (χ4v) is 7.08. The summed E-state index contributed by atoms with van der Waals surface area (Å²) in [7, 11) is 0. The number of hydrogen-bond acceptors (Lipinski definition) is 4. The molecule has 34 heavy (non-hydrogen) atoms. The topological polar surface area (TPSA) is 66.8 Å². The Morgan fingerprint density at radius 3 is 2.74 bits per heavy atom. The SMILES string of the molecule is C=C1/C(=C\C=C2CCC[C@@]3(C)C2CC[C@@H]3[C@H](C)CCCC(C)(C)O)C[C@@H](OC(=O)CC)CC1O. The molecular formula is C30H48O4. The lowest BCUT2D eigenvalue weighted by atomic mass is 9.60. The number of hydrogen-bond donors (Lipinski definition) is 2. The standard InChI is InChI=1S/C30H48O4/c1-7-28(32)34-24-18-23(21(3)27(31)19-24)13-12-22-11-9-17-30(6)25(14-15-26(22)30)20(2)10-8-16-29(4,5)33/h12-13,20,24-27,31,33H,3,7-11,14-19H2,1-2,4-6H3/b22-12?,23-13-/t20-,24-,25-,26?,27?,30-/m1/s1. The maximum Gasteiger partial charge on any atom is 0.305 e. The molecule has 0 radical (unpaired) electrons. The van der Waals surface area contributed by atoms with E-state index in [0.29, 0.717) is 36.5 Å². The lowest BCUT2D eigenvalue weighted by molar-refractivity contribution is -0.150. The normalized spacial score (nSPS) is 35.4. The summed E-state index contributed by atoms with van der Waals surface area (Å²) in [5.41, 5.74) is 3.10. The molecule has 3 saturated carbocycles. The zero-order chi connectivity index (χ0) is 25.1. The van der Waals surface area contributed by atoms with Crippen LogP contribution in [0.2, 0.25) is 0 Å². The van der Waals surface area contributed by atoms with Crippen LogP contribution in [0.1, 0.15) is 105 Å². The van der Waals surface area contributed by atoms with Crippen LogP contribution in [0.3, 0.4) is 0 Å². The molecule has 6 atom stereocenters. The van der Waals surface area contributed by atoms with E-state index in [1.165, 1.54) is 32.1 Å². The summed E-state index contributed by atoms with van der Waals surface area (Å²) in [4.78, 5) is 11.8. The van der Waals surface area contributed by atoms with E-state index in [0.717, 1.165) is 36.3 Å². The Balaban J connectivity index is 1.71. The van der Waals surface area contributed by atoms with Crippen LogP contribution < -0.4 is 0 Å². The van der Waals surface area contributed by atoms with Crippen molar-refractivity contribution in [2.24, 2.45) is 23.2 Å². The van der Waals surface area contributed by atoms with E-state index in [4.69, 9.17) is 4.74 Å². The number of fused-ring (bicyclic) bond motifs is 1. The maximum atomic E-state index is 11.8. The van der Waals surface area contributed by atoms with Gasteiger partial charge in [0.1, 0.15) is 6.10 Å². The Morgan fingerprint density at radius 1 is 1.32 bits per heavy atom. The quantitative estimate of drug-likeness (QED) is 0.387. The summed E-state index contributed by atoms with van der Waals surface area (Å²) in [6.45, 7) is 14.7. The van der Waals surface area contributed by atoms with Crippen LogP contribution in [-0.2, 0) is 9.53 Å². The second-order valence-corrected chi connectivity index (χ2v) is 12.2. The van der Waals surface area contributed by atoms with Gasteiger partial charge < -0.3 is 14.9 Å². The number of aliphatic hydroxyl groups excluding tert-OH is 1. The molecule has 0 bridgehead atoms. The van der Waals surface area contributed by atoms with Crippen LogP contribution in [0, 0.1) is 23.2 Å². The number of allylic oxidation sites excluding steroid dienone is 3. The summed E-state index contributed by atoms with van der Waals surface area (Å²) in [5.74, 6) is 1.83. The van der Waals surface area contributed by atoms with E-state index in [1.807, 2.05) is 13.8 Å². The highest BCUT2D eigenvalue weighted by Crippen LogP contribution is 2.60. The van der Waals surface area contributed by atoms with Crippen molar-refractivity contribution in [1.29, 1.82) is 0 Å². The van der Waals surface area contributed by atoms with Crippen LogP contribution in [-0.4, -0.2) is 34.0 Å². The fraction of sp³-hybridized carbons (Fsp3) is 0.767. The highest BCUT2D eigenvalue weighted by atomic mass is 16.5. The monoisotopic (exact) mass is 472 g/mol. The number of ether oxygens (including phenoxy) is 1. The fourth-order valence-electron chi connectivity index (χ4n) is 7.08. The minimum absolute atomic E-state index is 0.209. The van der Waals surface area contributed by atoms with E-state index >= 15 is 0 Å². The van der Waals surface area contributed by atoms with E-state index in [1.54, 1.807) is 12.5 Å². The molecule has 4 heteroatoms. The second-order valence-electron chi connectivity index (χ2n) is 12.2. The Kier molecular flexibility index (Phi) is 8.90. The third-order valence-electron chi connectivity index (χ3n) is 9.01. The van der Waals surface area contributed by atoms with Gasteiger partial charge in [-0.1, -0.05) is 57.9 Å². The molecule has 0 aromatic carbocycles. The first-order valence-electron chi connectivity index (χ1n) is 13.6. The van der Waals surface area contributed by atoms with Gasteiger partial charge in [0.2, 0.25) is 0 Å². The van der Waals surface area contributed by atoms with Gasteiger partial charge in [-0.05, 0) is 86.7 Å². The number of aliphatic hydroxyl groups is 2. The molecule has 0 heterocycles.